The molecule has 2 N–H and O–H groups in total. The number of nitro benzene ring substituents is 1. The molecule has 0 saturated carbocycles. The number of ketones is 1. The average molecular weight is 523 g/mol. The van der Waals surface area contributed by atoms with Gasteiger partial charge in [0.25, 0.3) is 11.2 Å². The zero-order chi connectivity index (χ0) is 25.6. The second kappa shape index (κ2) is 9.22. The van der Waals surface area contributed by atoms with E-state index < -0.39 is 10.8 Å². The molecule has 2 aromatic carbocycles. The Morgan fingerprint density at radius 3 is 2.61 bits per heavy atom. The Bertz CT molecular complexity index is 1480. The molecule has 0 radical (unpaired) electrons. The maximum atomic E-state index is 13.4. The number of thioether (sulfide) groups is 1. The van der Waals surface area contributed by atoms with E-state index in [1.54, 1.807) is 18.2 Å². The lowest BCUT2D eigenvalue weighted by Crippen LogP contribution is -2.37. The van der Waals surface area contributed by atoms with Crippen molar-refractivity contribution < 1.29 is 9.72 Å². The number of carbonyl (C=O) groups is 1. The van der Waals surface area contributed by atoms with Crippen LogP contribution in [0.2, 0.25) is 5.02 Å². The lowest BCUT2D eigenvalue weighted by molar-refractivity contribution is -0.384. The van der Waals surface area contributed by atoms with Crippen LogP contribution in [0.5, 0.6) is 0 Å². The summed E-state index contributed by atoms with van der Waals surface area (Å²) < 4.78 is 0. The van der Waals surface area contributed by atoms with E-state index in [4.69, 9.17) is 16.6 Å². The van der Waals surface area contributed by atoms with E-state index in [-0.39, 0.29) is 22.4 Å². The third kappa shape index (κ3) is 4.68. The average Bonchev–Trinajstić information content (AvgIpc) is 2.81. The van der Waals surface area contributed by atoms with Crippen LogP contribution < -0.4 is 10.9 Å². The highest BCUT2D eigenvalue weighted by molar-refractivity contribution is 7.98. The van der Waals surface area contributed by atoms with E-state index in [1.165, 1.54) is 23.9 Å². The molecule has 8 nitrogen and oxygen atoms in total. The van der Waals surface area contributed by atoms with Gasteiger partial charge in [0.05, 0.1) is 10.5 Å². The highest BCUT2D eigenvalue weighted by Crippen LogP contribution is 2.47. The molecule has 0 amide bonds. The van der Waals surface area contributed by atoms with Crippen LogP contribution in [0, 0.1) is 15.5 Å². The predicted molar refractivity (Wildman–Crippen MR) is 139 cm³/mol. The standard InChI is InChI=1S/C26H23ClN4O4S/c1-26(2)11-18-21(19(32)12-26)20(15-6-8-17(9-7-15)31(34)35)22-23(28-18)29-25(30-24(22)33)36-13-14-4-3-5-16(27)10-14/h3-10,20H,11-13H2,1-2H3,(H2,28,29,30,33)/t20-/m0/s1. The van der Waals surface area contributed by atoms with Gasteiger partial charge in [0.15, 0.2) is 10.9 Å². The van der Waals surface area contributed by atoms with E-state index in [0.717, 1.165) is 11.3 Å². The third-order valence-electron chi connectivity index (χ3n) is 6.40. The van der Waals surface area contributed by atoms with Crippen LogP contribution >= 0.6 is 23.4 Å². The molecule has 1 aliphatic carbocycles. The molecule has 2 heterocycles. The number of Topliss-reactive ketones (excluding diaryl/α,β-unsaturated/α-hetero) is 1. The number of hydrogen-bond acceptors (Lipinski definition) is 7. The smallest absolute Gasteiger partial charge is 0.269 e. The zero-order valence-electron chi connectivity index (χ0n) is 19.6. The maximum absolute atomic E-state index is 13.4. The van der Waals surface area contributed by atoms with Crippen molar-refractivity contribution in [1.82, 2.24) is 9.97 Å². The maximum Gasteiger partial charge on any atom is 0.269 e. The molecule has 3 aromatic rings. The van der Waals surface area contributed by atoms with Crippen LogP contribution in [0.1, 0.15) is 49.3 Å². The Labute approximate surface area is 216 Å². The predicted octanol–water partition coefficient (Wildman–Crippen LogP) is 5.82. The second-order valence-corrected chi connectivity index (χ2v) is 11.2. The molecule has 184 valence electrons. The number of aromatic nitrogens is 2. The number of allylic oxidation sites excluding steroid dienone is 2. The first-order chi connectivity index (χ1) is 17.1. The van der Waals surface area contributed by atoms with Crippen LogP contribution in [-0.4, -0.2) is 20.7 Å². The number of benzene rings is 2. The van der Waals surface area contributed by atoms with Crippen molar-refractivity contribution in [2.45, 2.75) is 43.5 Å². The Kier molecular flexibility index (Phi) is 6.22. The summed E-state index contributed by atoms with van der Waals surface area (Å²) in [5.74, 6) is 0.262. The lowest BCUT2D eigenvalue weighted by atomic mass is 9.69. The van der Waals surface area contributed by atoms with Crippen molar-refractivity contribution in [2.75, 3.05) is 5.32 Å². The molecule has 2 aliphatic rings. The van der Waals surface area contributed by atoms with E-state index >= 15 is 0 Å². The monoisotopic (exact) mass is 522 g/mol. The number of nitro groups is 1. The van der Waals surface area contributed by atoms with Crippen molar-refractivity contribution in [1.29, 1.82) is 0 Å². The number of hydrogen-bond donors (Lipinski definition) is 2. The first-order valence-corrected chi connectivity index (χ1v) is 12.8. The number of non-ortho nitro benzene ring substituents is 1. The molecule has 1 aromatic heterocycles. The fourth-order valence-electron chi connectivity index (χ4n) is 4.86. The quantitative estimate of drug-likeness (QED) is 0.187. The van der Waals surface area contributed by atoms with Gasteiger partial charge >= 0.3 is 0 Å². The molecule has 0 saturated heterocycles. The summed E-state index contributed by atoms with van der Waals surface area (Å²) >= 11 is 7.46. The van der Waals surface area contributed by atoms with Crippen molar-refractivity contribution in [3.8, 4) is 0 Å². The number of H-pyrrole nitrogens is 1. The molecular weight excluding hydrogens is 500 g/mol. The largest absolute Gasteiger partial charge is 0.343 e. The topological polar surface area (TPSA) is 118 Å². The minimum Gasteiger partial charge on any atom is -0.343 e. The van der Waals surface area contributed by atoms with E-state index in [1.807, 2.05) is 32.0 Å². The fraction of sp³-hybridized carbons (Fsp3) is 0.269. The summed E-state index contributed by atoms with van der Waals surface area (Å²) in [6, 6.07) is 13.5. The number of carbonyl (C=O) groups excluding carboxylic acids is 1. The van der Waals surface area contributed by atoms with Gasteiger partial charge in [-0.25, -0.2) is 4.98 Å². The Hall–Kier alpha value is -3.43. The molecule has 0 spiro atoms. The first-order valence-electron chi connectivity index (χ1n) is 11.4. The molecular formula is C26H23ClN4O4S. The van der Waals surface area contributed by atoms with Gasteiger partial charge < -0.3 is 10.3 Å². The summed E-state index contributed by atoms with van der Waals surface area (Å²) in [6.07, 6.45) is 0.974. The molecule has 1 aliphatic heterocycles. The number of aromatic amines is 1. The molecule has 36 heavy (non-hydrogen) atoms. The second-order valence-electron chi connectivity index (χ2n) is 9.79. The van der Waals surface area contributed by atoms with Gasteiger partial charge in [-0.3, -0.25) is 19.7 Å². The fourth-order valence-corrected chi connectivity index (χ4v) is 5.88. The Morgan fingerprint density at radius 2 is 1.92 bits per heavy atom. The highest BCUT2D eigenvalue weighted by atomic mass is 35.5. The van der Waals surface area contributed by atoms with Gasteiger partial charge in [0.1, 0.15) is 5.82 Å². The third-order valence-corrected chi connectivity index (χ3v) is 7.58. The minimum atomic E-state index is -0.663. The highest BCUT2D eigenvalue weighted by Gasteiger charge is 2.42. The van der Waals surface area contributed by atoms with E-state index in [9.17, 15) is 19.7 Å². The van der Waals surface area contributed by atoms with Gasteiger partial charge in [-0.1, -0.05) is 61.5 Å². The SMILES string of the molecule is CC1(C)CC(=O)C2=C(C1)Nc1nc(SCc3cccc(Cl)c3)[nH]c(=O)c1[C@H]2c1ccc([N+](=O)[O-])cc1. The summed E-state index contributed by atoms with van der Waals surface area (Å²) in [5, 5.41) is 15.5. The van der Waals surface area contributed by atoms with Gasteiger partial charge in [-0.15, -0.1) is 0 Å². The van der Waals surface area contributed by atoms with Crippen molar-refractivity contribution >= 4 is 40.7 Å². The number of anilines is 1. The van der Waals surface area contributed by atoms with Crippen LogP contribution in [0.4, 0.5) is 11.5 Å². The van der Waals surface area contributed by atoms with Gasteiger partial charge in [-0.2, -0.15) is 0 Å². The molecule has 0 bridgehead atoms. The number of nitrogens with one attached hydrogen (secondary N) is 2. The van der Waals surface area contributed by atoms with E-state index in [0.29, 0.717) is 51.3 Å². The molecule has 10 heteroatoms. The molecule has 1 atom stereocenters. The molecule has 0 fully saturated rings. The molecule has 0 unspecified atom stereocenters. The first kappa shape index (κ1) is 24.3. The van der Waals surface area contributed by atoms with Crippen LogP contribution in [0.15, 0.2) is 69.8 Å². The van der Waals surface area contributed by atoms with Crippen molar-refractivity contribution in [2.24, 2.45) is 5.41 Å². The Morgan fingerprint density at radius 1 is 1.17 bits per heavy atom. The summed E-state index contributed by atoms with van der Waals surface area (Å²) in [4.78, 5) is 45.0. The van der Waals surface area contributed by atoms with Crippen molar-refractivity contribution in [3.63, 3.8) is 0 Å². The lowest BCUT2D eigenvalue weighted by Gasteiger charge is -2.38. The normalized spacial score (nSPS) is 18.3. The van der Waals surface area contributed by atoms with E-state index in [2.05, 4.69) is 10.3 Å². The number of fused-ring (bicyclic) bond motifs is 1. The summed E-state index contributed by atoms with van der Waals surface area (Å²) in [6.45, 7) is 4.06. The number of rotatable bonds is 5. The van der Waals surface area contributed by atoms with Crippen LogP contribution in [0.25, 0.3) is 0 Å². The summed E-state index contributed by atoms with van der Waals surface area (Å²) in [5.41, 5.74) is 2.59. The van der Waals surface area contributed by atoms with Gasteiger partial charge in [0.2, 0.25) is 0 Å². The summed E-state index contributed by atoms with van der Waals surface area (Å²) in [7, 11) is 0. The van der Waals surface area contributed by atoms with Gasteiger partial charge in [-0.05, 0) is 35.1 Å². The number of halogens is 1. The zero-order valence-corrected chi connectivity index (χ0v) is 21.2. The van der Waals surface area contributed by atoms with Gasteiger partial charge in [0, 0.05) is 46.5 Å². The van der Waals surface area contributed by atoms with Crippen LogP contribution in [0.3, 0.4) is 0 Å². The van der Waals surface area contributed by atoms with Crippen molar-refractivity contribution in [3.05, 3.63) is 102 Å². The minimum absolute atomic E-state index is 0.0402. The number of nitrogens with zero attached hydrogens (tertiary/aromatic N) is 2. The molecule has 5 rings (SSSR count). The van der Waals surface area contributed by atoms with Crippen LogP contribution in [-0.2, 0) is 10.5 Å². The Balaban J connectivity index is 1.58.